The van der Waals surface area contributed by atoms with Crippen LogP contribution >= 0.6 is 0 Å². The number of ether oxygens (including phenoxy) is 1. The summed E-state index contributed by atoms with van der Waals surface area (Å²) in [6.07, 6.45) is 4.24. The van der Waals surface area contributed by atoms with E-state index in [9.17, 15) is 0 Å². The number of likely N-dealkylation sites (N-methyl/N-ethyl adjacent to an activating group) is 1. The molecule has 1 saturated heterocycles. The summed E-state index contributed by atoms with van der Waals surface area (Å²) in [7, 11) is 2.15. The summed E-state index contributed by atoms with van der Waals surface area (Å²) < 4.78 is 5.43. The summed E-state index contributed by atoms with van der Waals surface area (Å²) in [5.74, 6) is 1.98. The second-order valence-electron chi connectivity index (χ2n) is 5.74. The van der Waals surface area contributed by atoms with E-state index >= 15 is 0 Å². The van der Waals surface area contributed by atoms with Gasteiger partial charge >= 0.3 is 0 Å². The number of aryl methyl sites for hydroxylation is 1. The Morgan fingerprint density at radius 3 is 2.67 bits per heavy atom. The molecule has 0 saturated carbocycles. The maximum Gasteiger partial charge on any atom is 0.157 e. The fourth-order valence-corrected chi connectivity index (χ4v) is 2.74. The number of nitrogens with zero attached hydrogens (tertiary/aromatic N) is 4. The number of hydrogen-bond acceptors (Lipinski definition) is 5. The second kappa shape index (κ2) is 6.54. The minimum absolute atomic E-state index is 0.786. The topological polar surface area (TPSA) is 41.5 Å². The van der Waals surface area contributed by atoms with Gasteiger partial charge in [-0.1, -0.05) is 13.0 Å². The van der Waals surface area contributed by atoms with Gasteiger partial charge in [0.15, 0.2) is 5.82 Å². The molecule has 21 heavy (non-hydrogen) atoms. The summed E-state index contributed by atoms with van der Waals surface area (Å²) in [6, 6.07) is 2.13. The molecule has 1 fully saturated rings. The van der Waals surface area contributed by atoms with Gasteiger partial charge in [-0.15, -0.1) is 0 Å². The predicted octanol–water partition coefficient (Wildman–Crippen LogP) is 1.59. The molecule has 0 unspecified atom stereocenters. The molecule has 0 atom stereocenters. The van der Waals surface area contributed by atoms with Crippen molar-refractivity contribution in [1.82, 2.24) is 14.9 Å². The third-order valence-electron chi connectivity index (χ3n) is 4.16. The van der Waals surface area contributed by atoms with Crippen molar-refractivity contribution < 1.29 is 4.74 Å². The minimum atomic E-state index is 0.786. The Kier molecular flexibility index (Phi) is 4.51. The molecule has 1 aromatic rings. The molecular formula is C16H24N4O. The van der Waals surface area contributed by atoms with E-state index in [0.717, 1.165) is 69.6 Å². The molecule has 1 aromatic heterocycles. The Balaban J connectivity index is 1.89. The van der Waals surface area contributed by atoms with Gasteiger partial charge in [0.25, 0.3) is 0 Å². The van der Waals surface area contributed by atoms with E-state index < -0.39 is 0 Å². The molecule has 0 aliphatic carbocycles. The van der Waals surface area contributed by atoms with E-state index in [1.54, 1.807) is 0 Å². The third kappa shape index (κ3) is 3.41. The molecule has 0 aromatic carbocycles. The molecule has 5 heteroatoms. The van der Waals surface area contributed by atoms with Crippen LogP contribution in [0.5, 0.6) is 0 Å². The van der Waals surface area contributed by atoms with Crippen LogP contribution in [-0.4, -0.2) is 61.3 Å². The Morgan fingerprint density at radius 1 is 1.19 bits per heavy atom. The van der Waals surface area contributed by atoms with Gasteiger partial charge in [-0.2, -0.15) is 0 Å². The predicted molar refractivity (Wildman–Crippen MR) is 84.5 cm³/mol. The minimum Gasteiger partial charge on any atom is -0.378 e. The molecular weight excluding hydrogens is 264 g/mol. The lowest BCUT2D eigenvalue weighted by Crippen LogP contribution is -2.37. The summed E-state index contributed by atoms with van der Waals surface area (Å²) in [6.45, 7) is 7.63. The smallest absolute Gasteiger partial charge is 0.157 e. The third-order valence-corrected chi connectivity index (χ3v) is 4.16. The van der Waals surface area contributed by atoms with Crippen LogP contribution in [0.4, 0.5) is 5.82 Å². The lowest BCUT2D eigenvalue weighted by Gasteiger charge is -2.29. The first-order valence-corrected chi connectivity index (χ1v) is 7.85. The largest absolute Gasteiger partial charge is 0.378 e. The van der Waals surface area contributed by atoms with E-state index in [1.165, 1.54) is 5.57 Å². The second-order valence-corrected chi connectivity index (χ2v) is 5.74. The Hall–Kier alpha value is -1.46. The Morgan fingerprint density at radius 2 is 2.00 bits per heavy atom. The molecule has 0 bridgehead atoms. The van der Waals surface area contributed by atoms with Gasteiger partial charge in [-0.05, 0) is 25.5 Å². The zero-order valence-electron chi connectivity index (χ0n) is 13.0. The Bertz CT molecular complexity index is 523. The SMILES string of the molecule is CCc1cc(N2CCOCC2)nc(C2=CCN(C)CC2)n1. The van der Waals surface area contributed by atoms with Crippen LogP contribution in [0.2, 0.25) is 0 Å². The Labute approximate surface area is 126 Å². The highest BCUT2D eigenvalue weighted by atomic mass is 16.5. The number of hydrogen-bond donors (Lipinski definition) is 0. The summed E-state index contributed by atoms with van der Waals surface area (Å²) in [4.78, 5) is 14.2. The zero-order valence-corrected chi connectivity index (χ0v) is 13.0. The van der Waals surface area contributed by atoms with Gasteiger partial charge in [0.1, 0.15) is 5.82 Å². The van der Waals surface area contributed by atoms with Crippen molar-refractivity contribution in [2.45, 2.75) is 19.8 Å². The van der Waals surface area contributed by atoms with Gasteiger partial charge < -0.3 is 14.5 Å². The number of morpholine rings is 1. The molecule has 5 nitrogen and oxygen atoms in total. The van der Waals surface area contributed by atoms with Crippen LogP contribution in [0, 0.1) is 0 Å². The lowest BCUT2D eigenvalue weighted by atomic mass is 10.1. The van der Waals surface area contributed by atoms with Gasteiger partial charge in [0.2, 0.25) is 0 Å². The molecule has 3 heterocycles. The van der Waals surface area contributed by atoms with Crippen LogP contribution < -0.4 is 4.90 Å². The maximum atomic E-state index is 5.43. The van der Waals surface area contributed by atoms with Crippen LogP contribution in [0.25, 0.3) is 5.57 Å². The average Bonchev–Trinajstić information content (AvgIpc) is 2.56. The van der Waals surface area contributed by atoms with Crippen molar-refractivity contribution >= 4 is 11.4 Å². The van der Waals surface area contributed by atoms with Gasteiger partial charge in [-0.25, -0.2) is 9.97 Å². The maximum absolute atomic E-state index is 5.43. The molecule has 0 spiro atoms. The van der Waals surface area contributed by atoms with Gasteiger partial charge in [-0.3, -0.25) is 0 Å². The summed E-state index contributed by atoms with van der Waals surface area (Å²) in [5.41, 5.74) is 2.42. The highest BCUT2D eigenvalue weighted by Gasteiger charge is 2.17. The summed E-state index contributed by atoms with van der Waals surface area (Å²) >= 11 is 0. The standard InChI is InChI=1S/C16H24N4O/c1-3-14-12-15(20-8-10-21-11-9-20)18-16(17-14)13-4-6-19(2)7-5-13/h4,12H,3,5-11H2,1-2H3. The molecule has 0 N–H and O–H groups in total. The first-order chi connectivity index (χ1) is 10.3. The molecule has 0 amide bonds. The van der Waals surface area contributed by atoms with E-state index in [0.29, 0.717) is 0 Å². The fraction of sp³-hybridized carbons (Fsp3) is 0.625. The quantitative estimate of drug-likeness (QED) is 0.845. The van der Waals surface area contributed by atoms with Crippen LogP contribution in [0.3, 0.4) is 0 Å². The summed E-state index contributed by atoms with van der Waals surface area (Å²) in [5, 5.41) is 0. The number of rotatable bonds is 3. The lowest BCUT2D eigenvalue weighted by molar-refractivity contribution is 0.122. The zero-order chi connectivity index (χ0) is 14.7. The van der Waals surface area contributed by atoms with Crippen molar-refractivity contribution in [2.75, 3.05) is 51.3 Å². The van der Waals surface area contributed by atoms with Gasteiger partial charge in [0, 0.05) is 37.9 Å². The fourth-order valence-electron chi connectivity index (χ4n) is 2.74. The average molecular weight is 288 g/mol. The van der Waals surface area contributed by atoms with E-state index in [2.05, 4.69) is 35.9 Å². The van der Waals surface area contributed by atoms with Gasteiger partial charge in [0.05, 0.1) is 13.2 Å². The van der Waals surface area contributed by atoms with Crippen LogP contribution in [-0.2, 0) is 11.2 Å². The van der Waals surface area contributed by atoms with Crippen molar-refractivity contribution in [3.05, 3.63) is 23.7 Å². The van der Waals surface area contributed by atoms with Crippen molar-refractivity contribution in [3.8, 4) is 0 Å². The van der Waals surface area contributed by atoms with Crippen molar-refractivity contribution in [1.29, 1.82) is 0 Å². The number of anilines is 1. The van der Waals surface area contributed by atoms with Crippen LogP contribution in [0.15, 0.2) is 12.1 Å². The molecule has 114 valence electrons. The molecule has 2 aliphatic rings. The molecule has 0 radical (unpaired) electrons. The van der Waals surface area contributed by atoms with E-state index in [1.807, 2.05) is 0 Å². The normalized spacial score (nSPS) is 20.5. The van der Waals surface area contributed by atoms with E-state index in [4.69, 9.17) is 14.7 Å². The monoisotopic (exact) mass is 288 g/mol. The van der Waals surface area contributed by atoms with Crippen LogP contribution in [0.1, 0.15) is 24.9 Å². The highest BCUT2D eigenvalue weighted by Crippen LogP contribution is 2.22. The first kappa shape index (κ1) is 14.5. The van der Waals surface area contributed by atoms with E-state index in [-0.39, 0.29) is 0 Å². The first-order valence-electron chi connectivity index (χ1n) is 7.85. The number of aromatic nitrogens is 2. The highest BCUT2D eigenvalue weighted by molar-refractivity contribution is 5.62. The van der Waals surface area contributed by atoms with Crippen molar-refractivity contribution in [3.63, 3.8) is 0 Å². The van der Waals surface area contributed by atoms with Crippen molar-refractivity contribution in [2.24, 2.45) is 0 Å². The molecule has 2 aliphatic heterocycles. The molecule has 3 rings (SSSR count).